The van der Waals surface area contributed by atoms with Crippen molar-refractivity contribution in [2.45, 2.75) is 0 Å². The van der Waals surface area contributed by atoms with Crippen molar-refractivity contribution >= 4 is 43.6 Å². The number of aromatic nitrogens is 2. The predicted molar refractivity (Wildman–Crippen MR) is 170 cm³/mol. The Bertz CT molecular complexity index is 2340. The van der Waals surface area contributed by atoms with E-state index in [-0.39, 0.29) is 0 Å². The molecule has 8 rings (SSSR count). The highest BCUT2D eigenvalue weighted by molar-refractivity contribution is 6.11. The molecule has 0 amide bonds. The van der Waals surface area contributed by atoms with Crippen molar-refractivity contribution in [3.63, 3.8) is 0 Å². The Morgan fingerprint density at radius 2 is 0.881 bits per heavy atom. The Labute approximate surface area is 242 Å². The summed E-state index contributed by atoms with van der Waals surface area (Å²) in [4.78, 5) is 0. The van der Waals surface area contributed by atoms with Crippen molar-refractivity contribution in [1.29, 1.82) is 10.5 Å². The normalized spacial score (nSPS) is 11.3. The monoisotopic (exact) mass is 534 g/mol. The summed E-state index contributed by atoms with van der Waals surface area (Å²) in [6, 6.07) is 50.1. The van der Waals surface area contributed by atoms with E-state index in [1.807, 2.05) is 42.5 Å². The van der Waals surface area contributed by atoms with Gasteiger partial charge in [0, 0.05) is 32.7 Å². The average molecular weight is 535 g/mol. The summed E-state index contributed by atoms with van der Waals surface area (Å²) in [6.07, 6.45) is 0. The molecule has 0 saturated carbocycles. The minimum absolute atomic E-state index is 0.447. The largest absolute Gasteiger partial charge is 0.309 e. The molecular weight excluding hydrogens is 512 g/mol. The summed E-state index contributed by atoms with van der Waals surface area (Å²) in [5.74, 6) is 0. The molecule has 6 aromatic carbocycles. The quantitative estimate of drug-likeness (QED) is 0.227. The smallest absolute Gasteiger partial charge is 0.101 e. The highest BCUT2D eigenvalue weighted by Gasteiger charge is 2.23. The molecule has 0 N–H and O–H groups in total. The molecule has 0 saturated heterocycles. The van der Waals surface area contributed by atoms with Crippen LogP contribution in [0, 0.1) is 22.7 Å². The molecule has 0 bridgehead atoms. The van der Waals surface area contributed by atoms with Gasteiger partial charge in [0.05, 0.1) is 50.6 Å². The Kier molecular flexibility index (Phi) is 5.22. The van der Waals surface area contributed by atoms with Crippen LogP contribution in [0.15, 0.2) is 133 Å². The molecule has 4 nitrogen and oxygen atoms in total. The van der Waals surface area contributed by atoms with Gasteiger partial charge in [-0.1, -0.05) is 91.0 Å². The SMILES string of the molecule is N#Cc1cc(C#N)c(-n2c3ccccc3c3ccccc32)c(-c2ccccc2-n2c3ccccc3c3ccccc32)c1. The Hall–Kier alpha value is -6.10. The zero-order valence-electron chi connectivity index (χ0n) is 22.5. The first-order valence-corrected chi connectivity index (χ1v) is 13.8. The molecule has 0 fully saturated rings. The van der Waals surface area contributed by atoms with E-state index >= 15 is 0 Å². The third-order valence-corrected chi connectivity index (χ3v) is 8.18. The van der Waals surface area contributed by atoms with Crippen molar-refractivity contribution < 1.29 is 0 Å². The second-order valence-corrected chi connectivity index (χ2v) is 10.4. The van der Waals surface area contributed by atoms with Crippen LogP contribution >= 0.6 is 0 Å². The third kappa shape index (κ3) is 3.33. The standard InChI is InChI=1S/C38H22N4/c39-23-25-21-26(24-40)38(42-36-19-9-3-13-29(36)30-14-4-10-20-37(30)42)32(22-25)31-15-5-8-18-35(31)41-33-16-6-1-11-27(33)28-12-2-7-17-34(28)41/h1-22H. The molecule has 8 aromatic rings. The molecule has 0 aliphatic carbocycles. The van der Waals surface area contributed by atoms with Crippen LogP contribution in [0.2, 0.25) is 0 Å². The van der Waals surface area contributed by atoms with E-state index in [2.05, 4.69) is 106 Å². The van der Waals surface area contributed by atoms with Gasteiger partial charge in [-0.05, 0) is 42.5 Å². The third-order valence-electron chi connectivity index (χ3n) is 8.18. The predicted octanol–water partition coefficient (Wildman–Crippen LogP) is 9.29. The van der Waals surface area contributed by atoms with Gasteiger partial charge in [0.2, 0.25) is 0 Å². The molecule has 4 heteroatoms. The van der Waals surface area contributed by atoms with Gasteiger partial charge in [-0.3, -0.25) is 0 Å². The number of hydrogen-bond acceptors (Lipinski definition) is 2. The summed E-state index contributed by atoms with van der Waals surface area (Å²) in [5.41, 5.74) is 8.63. The van der Waals surface area contributed by atoms with Crippen molar-refractivity contribution in [2.24, 2.45) is 0 Å². The maximum absolute atomic E-state index is 10.5. The molecular formula is C38H22N4. The summed E-state index contributed by atoms with van der Waals surface area (Å²) in [5, 5.41) is 25.1. The van der Waals surface area contributed by atoms with E-state index in [0.29, 0.717) is 11.1 Å². The van der Waals surface area contributed by atoms with E-state index in [9.17, 15) is 10.5 Å². The van der Waals surface area contributed by atoms with E-state index in [1.165, 1.54) is 10.8 Å². The van der Waals surface area contributed by atoms with Crippen LogP contribution < -0.4 is 0 Å². The minimum atomic E-state index is 0.447. The molecule has 0 aliphatic heterocycles. The summed E-state index contributed by atoms with van der Waals surface area (Å²) in [7, 11) is 0. The molecule has 2 heterocycles. The van der Waals surface area contributed by atoms with Crippen molar-refractivity contribution in [2.75, 3.05) is 0 Å². The van der Waals surface area contributed by atoms with Gasteiger partial charge in [-0.15, -0.1) is 0 Å². The number of benzene rings is 6. The zero-order chi connectivity index (χ0) is 28.2. The number of rotatable bonds is 3. The Morgan fingerprint density at radius 3 is 1.38 bits per heavy atom. The lowest BCUT2D eigenvalue weighted by Gasteiger charge is -2.20. The summed E-state index contributed by atoms with van der Waals surface area (Å²) < 4.78 is 4.48. The zero-order valence-corrected chi connectivity index (χ0v) is 22.5. The molecule has 0 aliphatic rings. The maximum Gasteiger partial charge on any atom is 0.101 e. The van der Waals surface area contributed by atoms with Gasteiger partial charge in [0.15, 0.2) is 0 Å². The van der Waals surface area contributed by atoms with Crippen LogP contribution in [-0.4, -0.2) is 9.13 Å². The van der Waals surface area contributed by atoms with Gasteiger partial charge in [-0.25, -0.2) is 0 Å². The number of para-hydroxylation sites is 5. The van der Waals surface area contributed by atoms with Crippen LogP contribution in [-0.2, 0) is 0 Å². The summed E-state index contributed by atoms with van der Waals surface area (Å²) >= 11 is 0. The molecule has 2 aromatic heterocycles. The lowest BCUT2D eigenvalue weighted by molar-refractivity contribution is 1.15. The minimum Gasteiger partial charge on any atom is -0.309 e. The van der Waals surface area contributed by atoms with Crippen LogP contribution in [0.1, 0.15) is 11.1 Å². The fourth-order valence-electron chi connectivity index (χ4n) is 6.47. The van der Waals surface area contributed by atoms with Gasteiger partial charge in [0.25, 0.3) is 0 Å². The maximum atomic E-state index is 10.5. The van der Waals surface area contributed by atoms with Crippen LogP contribution in [0.5, 0.6) is 0 Å². The molecule has 194 valence electrons. The second-order valence-electron chi connectivity index (χ2n) is 10.4. The van der Waals surface area contributed by atoms with Crippen molar-refractivity contribution in [3.05, 3.63) is 145 Å². The number of nitriles is 2. The van der Waals surface area contributed by atoms with Gasteiger partial charge in [-0.2, -0.15) is 10.5 Å². The van der Waals surface area contributed by atoms with Crippen LogP contribution in [0.4, 0.5) is 0 Å². The molecule has 0 unspecified atom stereocenters. The molecule has 0 atom stereocenters. The van der Waals surface area contributed by atoms with E-state index in [4.69, 9.17) is 0 Å². The molecule has 0 spiro atoms. The van der Waals surface area contributed by atoms with Crippen LogP contribution in [0.3, 0.4) is 0 Å². The lowest BCUT2D eigenvalue weighted by atomic mass is 9.95. The highest BCUT2D eigenvalue weighted by Crippen LogP contribution is 2.42. The first kappa shape index (κ1) is 23.8. The number of fused-ring (bicyclic) bond motifs is 6. The Balaban J connectivity index is 1.54. The number of nitrogens with zero attached hydrogens (tertiary/aromatic N) is 4. The first-order chi connectivity index (χ1) is 20.8. The van der Waals surface area contributed by atoms with Crippen LogP contribution in [0.25, 0.3) is 66.1 Å². The average Bonchev–Trinajstić information content (AvgIpc) is 3.57. The van der Waals surface area contributed by atoms with Crippen molar-refractivity contribution in [3.8, 4) is 34.6 Å². The van der Waals surface area contributed by atoms with Gasteiger partial charge in [0.1, 0.15) is 6.07 Å². The Morgan fingerprint density at radius 1 is 0.429 bits per heavy atom. The summed E-state index contributed by atoms with van der Waals surface area (Å²) in [6.45, 7) is 0. The van der Waals surface area contributed by atoms with Crippen molar-refractivity contribution in [1.82, 2.24) is 9.13 Å². The highest BCUT2D eigenvalue weighted by atomic mass is 15.0. The first-order valence-electron chi connectivity index (χ1n) is 13.8. The van der Waals surface area contributed by atoms with E-state index < -0.39 is 0 Å². The second kappa shape index (κ2) is 9.24. The fraction of sp³-hybridized carbons (Fsp3) is 0. The van der Waals surface area contributed by atoms with E-state index in [1.54, 1.807) is 6.07 Å². The van der Waals surface area contributed by atoms with Gasteiger partial charge >= 0.3 is 0 Å². The molecule has 0 radical (unpaired) electrons. The lowest BCUT2D eigenvalue weighted by Crippen LogP contribution is -2.04. The van der Waals surface area contributed by atoms with E-state index in [0.717, 1.165) is 55.3 Å². The number of hydrogen-bond donors (Lipinski definition) is 0. The topological polar surface area (TPSA) is 57.4 Å². The molecule has 42 heavy (non-hydrogen) atoms. The fourth-order valence-corrected chi connectivity index (χ4v) is 6.47. The van der Waals surface area contributed by atoms with Gasteiger partial charge < -0.3 is 9.13 Å².